The molecule has 1 aliphatic heterocycles. The maximum atomic E-state index is 13.3. The van der Waals surface area contributed by atoms with Gasteiger partial charge < -0.3 is 19.4 Å². The van der Waals surface area contributed by atoms with E-state index in [1.165, 1.54) is 24.8 Å². The number of hydrogen-bond donors (Lipinski definition) is 2. The standard InChI is InChI=1S/C36H50N4O5/c1-3-20-39(36(42)26-44-34-16-14-30(15-17-34)37-45-43)31-18-21-38(22-19-31)25-29-23-33(24-35(29)28-10-6-4-7-11-28)40(27(2)41)32-12-8-5-9-13-32/h3-4,6-7,10-11,14-17,29,31-33,35,37,43H,1,5,8-9,12-13,18-26H2,2H3. The summed E-state index contributed by atoms with van der Waals surface area (Å²) in [6.45, 7) is 9.01. The van der Waals surface area contributed by atoms with E-state index in [1.807, 2.05) is 4.90 Å². The summed E-state index contributed by atoms with van der Waals surface area (Å²) in [6.07, 6.45) is 11.7. The van der Waals surface area contributed by atoms with Crippen LogP contribution in [0.5, 0.6) is 5.75 Å². The molecule has 0 bridgehead atoms. The van der Waals surface area contributed by atoms with Crippen LogP contribution in [0.4, 0.5) is 5.69 Å². The van der Waals surface area contributed by atoms with Crippen molar-refractivity contribution in [3.63, 3.8) is 0 Å². The van der Waals surface area contributed by atoms with Gasteiger partial charge in [0.1, 0.15) is 5.75 Å². The van der Waals surface area contributed by atoms with Crippen LogP contribution < -0.4 is 10.2 Å². The topological polar surface area (TPSA) is 94.6 Å². The average molecular weight is 619 g/mol. The van der Waals surface area contributed by atoms with Gasteiger partial charge in [-0.2, -0.15) is 0 Å². The number of amides is 2. The van der Waals surface area contributed by atoms with Crippen LogP contribution in [0.25, 0.3) is 0 Å². The smallest absolute Gasteiger partial charge is 0.261 e. The molecule has 45 heavy (non-hydrogen) atoms. The van der Waals surface area contributed by atoms with Crippen molar-refractivity contribution in [3.05, 3.63) is 72.8 Å². The molecule has 3 fully saturated rings. The van der Waals surface area contributed by atoms with Gasteiger partial charge in [0.25, 0.3) is 5.91 Å². The van der Waals surface area contributed by atoms with E-state index in [2.05, 4.69) is 57.2 Å². The first kappa shape index (κ1) is 33.0. The third kappa shape index (κ3) is 8.66. The monoisotopic (exact) mass is 618 g/mol. The van der Waals surface area contributed by atoms with E-state index in [0.717, 1.165) is 58.2 Å². The molecule has 244 valence electrons. The van der Waals surface area contributed by atoms with E-state index in [1.54, 1.807) is 37.3 Å². The number of nitrogens with one attached hydrogen (secondary N) is 1. The molecular formula is C36H50N4O5. The highest BCUT2D eigenvalue weighted by Gasteiger charge is 2.42. The second kappa shape index (κ2) is 16.2. The molecule has 2 amide bonds. The fourth-order valence-corrected chi connectivity index (χ4v) is 8.04. The van der Waals surface area contributed by atoms with Gasteiger partial charge in [0.05, 0.1) is 5.69 Å². The molecule has 2 aromatic rings. The molecular weight excluding hydrogens is 568 g/mol. The van der Waals surface area contributed by atoms with Crippen molar-refractivity contribution in [3.8, 4) is 5.75 Å². The minimum atomic E-state index is -0.0518. The number of rotatable bonds is 13. The summed E-state index contributed by atoms with van der Waals surface area (Å²) in [7, 11) is 0. The van der Waals surface area contributed by atoms with Crippen molar-refractivity contribution in [2.75, 3.05) is 38.3 Å². The molecule has 9 nitrogen and oxygen atoms in total. The molecule has 3 atom stereocenters. The lowest BCUT2D eigenvalue weighted by Gasteiger charge is -2.40. The van der Waals surface area contributed by atoms with Gasteiger partial charge in [0, 0.05) is 51.2 Å². The first-order valence-corrected chi connectivity index (χ1v) is 16.7. The van der Waals surface area contributed by atoms with Gasteiger partial charge in [-0.15, -0.1) is 11.6 Å². The number of piperidine rings is 1. The highest BCUT2D eigenvalue weighted by Crippen LogP contribution is 2.44. The Balaban J connectivity index is 1.18. The number of benzene rings is 2. The highest BCUT2D eigenvalue weighted by molar-refractivity contribution is 5.78. The second-order valence-electron chi connectivity index (χ2n) is 13.0. The maximum absolute atomic E-state index is 13.3. The van der Waals surface area contributed by atoms with Gasteiger partial charge in [0.15, 0.2) is 6.61 Å². The van der Waals surface area contributed by atoms with Gasteiger partial charge in [-0.1, -0.05) is 55.7 Å². The zero-order valence-electron chi connectivity index (χ0n) is 26.7. The Bertz CT molecular complexity index is 1230. The molecule has 3 unspecified atom stereocenters. The highest BCUT2D eigenvalue weighted by atomic mass is 17.2. The van der Waals surface area contributed by atoms with Crippen LogP contribution in [-0.4, -0.2) is 82.7 Å². The van der Waals surface area contributed by atoms with Crippen molar-refractivity contribution in [1.29, 1.82) is 0 Å². The van der Waals surface area contributed by atoms with Crippen LogP contribution in [0.15, 0.2) is 67.3 Å². The lowest BCUT2D eigenvalue weighted by atomic mass is 9.88. The summed E-state index contributed by atoms with van der Waals surface area (Å²) >= 11 is 0. The molecule has 2 N–H and O–H groups in total. The number of ether oxygens (including phenoxy) is 1. The Labute approximate surface area is 268 Å². The molecule has 2 aromatic carbocycles. The van der Waals surface area contributed by atoms with E-state index >= 15 is 0 Å². The number of anilines is 1. The molecule has 1 heterocycles. The predicted molar refractivity (Wildman–Crippen MR) is 176 cm³/mol. The Morgan fingerprint density at radius 3 is 2.31 bits per heavy atom. The second-order valence-corrected chi connectivity index (χ2v) is 13.0. The summed E-state index contributed by atoms with van der Waals surface area (Å²) in [4.78, 5) is 37.0. The molecule has 0 spiro atoms. The average Bonchev–Trinajstić information content (AvgIpc) is 3.47. The quantitative estimate of drug-likeness (QED) is 0.159. The number of carbonyl (C=O) groups is 2. The molecule has 0 aromatic heterocycles. The molecule has 5 rings (SSSR count). The van der Waals surface area contributed by atoms with Crippen LogP contribution in [0.1, 0.15) is 76.2 Å². The van der Waals surface area contributed by atoms with Crippen molar-refractivity contribution in [2.45, 2.75) is 88.8 Å². The SMILES string of the molecule is C=CCN(C(=O)COc1ccc(NOO)cc1)C1CCN(CC2CC(N(C(C)=O)C3CCCCC3)CC2c2ccccc2)CC1. The number of carbonyl (C=O) groups excluding carboxylic acids is 2. The number of nitrogens with zero attached hydrogens (tertiary/aromatic N) is 3. The molecule has 3 aliphatic rings. The zero-order valence-corrected chi connectivity index (χ0v) is 26.7. The largest absolute Gasteiger partial charge is 0.484 e. The summed E-state index contributed by atoms with van der Waals surface area (Å²) in [5.74, 6) is 1.68. The van der Waals surface area contributed by atoms with Crippen LogP contribution >= 0.6 is 0 Å². The fraction of sp³-hybridized carbons (Fsp3) is 0.556. The minimum absolute atomic E-state index is 0.0484. The molecule has 2 aliphatic carbocycles. The third-order valence-electron chi connectivity index (χ3n) is 10.1. The molecule has 0 radical (unpaired) electrons. The lowest BCUT2D eigenvalue weighted by Crippen LogP contribution is -2.49. The first-order valence-electron chi connectivity index (χ1n) is 16.7. The normalized spacial score (nSPS) is 22.9. The summed E-state index contributed by atoms with van der Waals surface area (Å²) in [5, 5.41) is 8.52. The zero-order chi connectivity index (χ0) is 31.6. The van der Waals surface area contributed by atoms with Gasteiger partial charge >= 0.3 is 0 Å². The van der Waals surface area contributed by atoms with Crippen molar-refractivity contribution >= 4 is 17.5 Å². The number of hydrogen-bond acceptors (Lipinski definition) is 7. The van der Waals surface area contributed by atoms with Gasteiger partial charge in [0.2, 0.25) is 5.91 Å². The molecule has 1 saturated heterocycles. The van der Waals surface area contributed by atoms with Crippen LogP contribution in [0, 0.1) is 5.92 Å². The van der Waals surface area contributed by atoms with E-state index in [9.17, 15) is 9.59 Å². The Kier molecular flexibility index (Phi) is 11.9. The summed E-state index contributed by atoms with van der Waals surface area (Å²) < 4.78 is 5.78. The summed E-state index contributed by atoms with van der Waals surface area (Å²) in [6, 6.07) is 18.5. The van der Waals surface area contributed by atoms with Crippen LogP contribution in [-0.2, 0) is 14.6 Å². The Morgan fingerprint density at radius 1 is 0.956 bits per heavy atom. The number of likely N-dealkylation sites (tertiary alicyclic amines) is 1. The Morgan fingerprint density at radius 2 is 1.67 bits per heavy atom. The molecule has 2 saturated carbocycles. The van der Waals surface area contributed by atoms with Crippen LogP contribution in [0.3, 0.4) is 0 Å². The fourth-order valence-electron chi connectivity index (χ4n) is 8.04. The molecule has 9 heteroatoms. The van der Waals surface area contributed by atoms with E-state index in [0.29, 0.717) is 41.9 Å². The van der Waals surface area contributed by atoms with Gasteiger partial charge in [-0.05, 0) is 80.2 Å². The lowest BCUT2D eigenvalue weighted by molar-refractivity contribution is -0.215. The Hall–Kier alpha value is -3.40. The van der Waals surface area contributed by atoms with Crippen LogP contribution in [0.2, 0.25) is 0 Å². The maximum Gasteiger partial charge on any atom is 0.261 e. The van der Waals surface area contributed by atoms with Crippen molar-refractivity contribution in [1.82, 2.24) is 14.7 Å². The van der Waals surface area contributed by atoms with Gasteiger partial charge in [-0.3, -0.25) is 9.59 Å². The van der Waals surface area contributed by atoms with Crippen molar-refractivity contribution in [2.24, 2.45) is 5.92 Å². The predicted octanol–water partition coefficient (Wildman–Crippen LogP) is 6.10. The van der Waals surface area contributed by atoms with E-state index < -0.39 is 0 Å². The third-order valence-corrected chi connectivity index (χ3v) is 10.1. The van der Waals surface area contributed by atoms with Crippen molar-refractivity contribution < 1.29 is 24.6 Å². The minimum Gasteiger partial charge on any atom is -0.484 e. The first-order chi connectivity index (χ1) is 22.0. The van der Waals surface area contributed by atoms with E-state index in [-0.39, 0.29) is 24.5 Å². The van der Waals surface area contributed by atoms with Gasteiger partial charge in [-0.25, -0.2) is 10.7 Å². The van der Waals surface area contributed by atoms with E-state index in [4.69, 9.17) is 9.99 Å². The summed E-state index contributed by atoms with van der Waals surface area (Å²) in [5.41, 5.74) is 4.29.